The molecule has 8 nitrogen and oxygen atoms in total. The first kappa shape index (κ1) is 92.1. The number of unbranched alkanes of at least 4 members (excludes halogenated alkanes) is 56. The second kappa shape index (κ2) is 88.7. The van der Waals surface area contributed by atoms with Crippen LogP contribution >= 0.6 is 0 Å². The minimum Gasteiger partial charge on any atom is -0.481 e. The predicted molar refractivity (Wildman–Crippen MR) is 349 cm³/mol. The fourth-order valence-electron chi connectivity index (χ4n) is 10.6. The van der Waals surface area contributed by atoms with Gasteiger partial charge in [-0.15, -0.1) is 0 Å². The molecule has 0 spiro atoms. The molecule has 0 bridgehead atoms. The summed E-state index contributed by atoms with van der Waals surface area (Å²) in [6, 6.07) is 0. The Morgan fingerprint density at radius 1 is 0.159 bits per heavy atom. The van der Waals surface area contributed by atoms with Gasteiger partial charge in [-0.1, -0.05) is 387 Å². The van der Waals surface area contributed by atoms with Gasteiger partial charge in [0.2, 0.25) is 0 Å². The molecule has 4 N–H and O–H groups in total. The number of carboxylic acid groups (broad SMARTS) is 4. The van der Waals surface area contributed by atoms with Crippen LogP contribution in [0.1, 0.15) is 439 Å². The summed E-state index contributed by atoms with van der Waals surface area (Å²) in [6.45, 7) is 9.08. The van der Waals surface area contributed by atoms with E-state index in [2.05, 4.69) is 27.7 Å². The maximum atomic E-state index is 10.3. The molecule has 496 valence electrons. The van der Waals surface area contributed by atoms with Crippen LogP contribution in [-0.4, -0.2) is 44.3 Å². The van der Waals surface area contributed by atoms with Crippen molar-refractivity contribution in [3.05, 3.63) is 0 Å². The van der Waals surface area contributed by atoms with E-state index in [0.717, 1.165) is 51.4 Å². The van der Waals surface area contributed by atoms with E-state index in [1.165, 1.54) is 334 Å². The van der Waals surface area contributed by atoms with Crippen LogP contribution in [0.15, 0.2) is 0 Å². The molecule has 0 aliphatic carbocycles. The summed E-state index contributed by atoms with van der Waals surface area (Å²) < 4.78 is 0. The Hall–Kier alpha value is -1.08. The Balaban J connectivity index is -0.000000233. The first-order valence-electron chi connectivity index (χ1n) is 36.0. The van der Waals surface area contributed by atoms with Gasteiger partial charge in [-0.05, 0) is 25.7 Å². The number of aliphatic carboxylic acids is 4. The zero-order valence-electron chi connectivity index (χ0n) is 55.4. The molecule has 0 aromatic carbocycles. The first-order chi connectivity index (χ1) is 39.1. The zero-order chi connectivity index (χ0) is 59.6. The summed E-state index contributed by atoms with van der Waals surface area (Å²) in [6.07, 6.45) is 80.8. The molecule has 0 aromatic rings. The smallest absolute Gasteiger partial charge is 0.303 e. The van der Waals surface area contributed by atoms with Gasteiger partial charge >= 0.3 is 23.9 Å². The van der Waals surface area contributed by atoms with E-state index in [1.807, 2.05) is 0 Å². The van der Waals surface area contributed by atoms with E-state index in [-0.39, 0.29) is 34.1 Å². The van der Waals surface area contributed by atoms with Gasteiger partial charge in [0, 0.05) is 59.8 Å². The molecule has 0 fully saturated rings. The van der Waals surface area contributed by atoms with Crippen LogP contribution in [0.3, 0.4) is 0 Å². The molecular formula is C72H144Fe2O8. The van der Waals surface area contributed by atoms with Crippen LogP contribution in [0.25, 0.3) is 0 Å². The molecule has 0 unspecified atom stereocenters. The fourth-order valence-corrected chi connectivity index (χ4v) is 10.6. The van der Waals surface area contributed by atoms with Crippen LogP contribution in [0, 0.1) is 0 Å². The van der Waals surface area contributed by atoms with Crippen molar-refractivity contribution in [2.45, 2.75) is 439 Å². The van der Waals surface area contributed by atoms with Gasteiger partial charge in [-0.2, -0.15) is 0 Å². The van der Waals surface area contributed by atoms with Gasteiger partial charge in [0.05, 0.1) is 0 Å². The van der Waals surface area contributed by atoms with Gasteiger partial charge < -0.3 is 20.4 Å². The molecular weight excluding hydrogens is 1100 g/mol. The largest absolute Gasteiger partial charge is 0.481 e. The van der Waals surface area contributed by atoms with Crippen molar-refractivity contribution in [2.75, 3.05) is 0 Å². The Morgan fingerprint density at radius 3 is 0.305 bits per heavy atom. The molecule has 0 amide bonds. The van der Waals surface area contributed by atoms with E-state index >= 15 is 0 Å². The molecule has 0 radical (unpaired) electrons. The summed E-state index contributed by atoms with van der Waals surface area (Å²) in [7, 11) is 0. The van der Waals surface area contributed by atoms with Gasteiger partial charge in [-0.3, -0.25) is 19.2 Å². The fraction of sp³-hybridized carbons (Fsp3) is 0.944. The molecule has 0 saturated heterocycles. The topological polar surface area (TPSA) is 149 Å². The molecule has 82 heavy (non-hydrogen) atoms. The maximum Gasteiger partial charge on any atom is 0.303 e. The molecule has 0 aliphatic rings. The standard InChI is InChI=1S/4C18H36O2.2Fe/c4*1-2-3-4-5-6-7-8-9-10-11-12-13-14-15-16-17-18(19)20;;/h4*2-17H2,1H3,(H,19,20);;. The molecule has 0 atom stereocenters. The summed E-state index contributed by atoms with van der Waals surface area (Å²) in [5.41, 5.74) is 0. The van der Waals surface area contributed by atoms with Crippen molar-refractivity contribution in [1.29, 1.82) is 0 Å². The average Bonchev–Trinajstić information content (AvgIpc) is 3.43. The molecule has 10 heteroatoms. The molecule has 0 aliphatic heterocycles. The molecule has 0 aromatic heterocycles. The van der Waals surface area contributed by atoms with Crippen LogP contribution in [-0.2, 0) is 53.3 Å². The third-order valence-electron chi connectivity index (χ3n) is 16.0. The van der Waals surface area contributed by atoms with Crippen LogP contribution in [0.4, 0.5) is 0 Å². The molecule has 0 rings (SSSR count). The Kier molecular flexibility index (Phi) is 99.6. The normalized spacial score (nSPS) is 10.6. The van der Waals surface area contributed by atoms with E-state index in [1.54, 1.807) is 0 Å². The Bertz CT molecular complexity index is 996. The minimum absolute atomic E-state index is 0. The van der Waals surface area contributed by atoms with E-state index in [0.29, 0.717) is 25.7 Å². The van der Waals surface area contributed by atoms with E-state index in [9.17, 15) is 19.2 Å². The average molecular weight is 1250 g/mol. The summed E-state index contributed by atoms with van der Waals surface area (Å²) in [4.78, 5) is 41.3. The third-order valence-corrected chi connectivity index (χ3v) is 16.0. The zero-order valence-corrected chi connectivity index (χ0v) is 57.6. The van der Waals surface area contributed by atoms with E-state index in [4.69, 9.17) is 20.4 Å². The predicted octanol–water partition coefficient (Wildman–Crippen LogP) is 25.3. The van der Waals surface area contributed by atoms with Crippen LogP contribution in [0.2, 0.25) is 0 Å². The monoisotopic (exact) mass is 1250 g/mol. The second-order valence-corrected chi connectivity index (χ2v) is 24.4. The number of hydrogen-bond donors (Lipinski definition) is 4. The van der Waals surface area contributed by atoms with E-state index < -0.39 is 23.9 Å². The quantitative estimate of drug-likeness (QED) is 0.0347. The van der Waals surface area contributed by atoms with Crippen molar-refractivity contribution in [2.24, 2.45) is 0 Å². The summed E-state index contributed by atoms with van der Waals surface area (Å²) in [5.74, 6) is -2.61. The Labute approximate surface area is 533 Å². The van der Waals surface area contributed by atoms with Gasteiger partial charge in [0.1, 0.15) is 0 Å². The first-order valence-corrected chi connectivity index (χ1v) is 36.0. The van der Waals surface area contributed by atoms with Gasteiger partial charge in [0.15, 0.2) is 0 Å². The van der Waals surface area contributed by atoms with Crippen molar-refractivity contribution < 1.29 is 73.7 Å². The summed E-state index contributed by atoms with van der Waals surface area (Å²) in [5, 5.41) is 34.1. The van der Waals surface area contributed by atoms with Crippen molar-refractivity contribution >= 4 is 23.9 Å². The maximum absolute atomic E-state index is 10.3. The number of rotatable bonds is 64. The second-order valence-electron chi connectivity index (χ2n) is 24.4. The van der Waals surface area contributed by atoms with Crippen molar-refractivity contribution in [3.8, 4) is 0 Å². The van der Waals surface area contributed by atoms with Crippen LogP contribution in [0.5, 0.6) is 0 Å². The van der Waals surface area contributed by atoms with Gasteiger partial charge in [0.25, 0.3) is 0 Å². The minimum atomic E-state index is -0.653. The number of carbonyl (C=O) groups is 4. The molecule has 0 saturated carbocycles. The summed E-state index contributed by atoms with van der Waals surface area (Å²) >= 11 is 0. The Morgan fingerprint density at radius 2 is 0.232 bits per heavy atom. The SMILES string of the molecule is CCCCCCCCCCCCCCCCCC(=O)O.CCCCCCCCCCCCCCCCCC(=O)O.CCCCCCCCCCCCCCCCCC(=O)O.CCCCCCCCCCCCCCCCCC(=O)O.[Fe].[Fe]. The van der Waals surface area contributed by atoms with Crippen LogP contribution < -0.4 is 0 Å². The third kappa shape index (κ3) is 107. The van der Waals surface area contributed by atoms with Crippen molar-refractivity contribution in [1.82, 2.24) is 0 Å². The number of carboxylic acids is 4. The van der Waals surface area contributed by atoms with Gasteiger partial charge in [-0.25, -0.2) is 0 Å². The van der Waals surface area contributed by atoms with Crippen molar-refractivity contribution in [3.63, 3.8) is 0 Å². The number of hydrogen-bond acceptors (Lipinski definition) is 4. The molecule has 0 heterocycles.